The van der Waals surface area contributed by atoms with Crippen LogP contribution in [0, 0.1) is 0 Å². The molecule has 0 saturated carbocycles. The number of benzene rings is 1. The van der Waals surface area contributed by atoms with Crippen molar-refractivity contribution in [3.8, 4) is 0 Å². The lowest BCUT2D eigenvalue weighted by Crippen LogP contribution is -2.02. The monoisotopic (exact) mass is 237 g/mol. The summed E-state index contributed by atoms with van der Waals surface area (Å²) in [4.78, 5) is 4.58. The Hall–Kier alpha value is -1.06. The summed E-state index contributed by atoms with van der Waals surface area (Å²) in [7, 11) is 2.01. The molecule has 0 fully saturated rings. The molecule has 2 aromatic rings. The third-order valence-corrected chi connectivity index (χ3v) is 3.10. The minimum Gasteiger partial charge on any atom is -0.330 e. The standard InChI is InChI=1S/C12H16ClN3/c1-16-11(7-2-3-8-14)15-10-6-4-5-9(13)12(10)16/h4-6H,2-3,7-8,14H2,1H3. The van der Waals surface area contributed by atoms with Crippen LogP contribution in [0.1, 0.15) is 18.7 Å². The number of hydrogen-bond donors (Lipinski definition) is 1. The summed E-state index contributed by atoms with van der Waals surface area (Å²) in [5.74, 6) is 1.08. The van der Waals surface area contributed by atoms with E-state index in [1.807, 2.05) is 25.2 Å². The number of aryl methyl sites for hydroxylation is 2. The maximum Gasteiger partial charge on any atom is 0.109 e. The van der Waals surface area contributed by atoms with Crippen LogP contribution in [0.4, 0.5) is 0 Å². The highest BCUT2D eigenvalue weighted by atomic mass is 35.5. The van der Waals surface area contributed by atoms with Gasteiger partial charge in [-0.1, -0.05) is 17.7 Å². The summed E-state index contributed by atoms with van der Waals surface area (Å²) in [5.41, 5.74) is 7.47. The van der Waals surface area contributed by atoms with Crippen molar-refractivity contribution in [1.82, 2.24) is 9.55 Å². The van der Waals surface area contributed by atoms with E-state index in [0.29, 0.717) is 0 Å². The summed E-state index contributed by atoms with van der Waals surface area (Å²) in [5, 5.41) is 0.762. The van der Waals surface area contributed by atoms with E-state index in [0.717, 1.165) is 47.7 Å². The molecule has 0 spiro atoms. The van der Waals surface area contributed by atoms with Crippen LogP contribution in [0.2, 0.25) is 5.02 Å². The van der Waals surface area contributed by atoms with E-state index < -0.39 is 0 Å². The molecule has 1 aromatic heterocycles. The van der Waals surface area contributed by atoms with Gasteiger partial charge in [-0.05, 0) is 31.5 Å². The second-order valence-electron chi connectivity index (χ2n) is 3.94. The van der Waals surface area contributed by atoms with Crippen molar-refractivity contribution in [1.29, 1.82) is 0 Å². The summed E-state index contributed by atoms with van der Waals surface area (Å²) >= 11 is 6.16. The molecule has 0 atom stereocenters. The van der Waals surface area contributed by atoms with Gasteiger partial charge in [-0.25, -0.2) is 4.98 Å². The topological polar surface area (TPSA) is 43.8 Å². The Morgan fingerprint density at radius 1 is 1.38 bits per heavy atom. The smallest absolute Gasteiger partial charge is 0.109 e. The number of hydrogen-bond acceptors (Lipinski definition) is 2. The van der Waals surface area contributed by atoms with Gasteiger partial charge in [0.1, 0.15) is 5.82 Å². The molecule has 0 bridgehead atoms. The SMILES string of the molecule is Cn1c(CCCCN)nc2cccc(Cl)c21. The number of unbranched alkanes of at least 4 members (excludes halogenated alkanes) is 1. The Kier molecular flexibility index (Phi) is 3.46. The molecule has 2 N–H and O–H groups in total. The fraction of sp³-hybridized carbons (Fsp3) is 0.417. The van der Waals surface area contributed by atoms with Crippen LogP contribution in [-0.2, 0) is 13.5 Å². The molecule has 3 nitrogen and oxygen atoms in total. The normalized spacial score (nSPS) is 11.2. The molecule has 1 aromatic carbocycles. The highest BCUT2D eigenvalue weighted by molar-refractivity contribution is 6.34. The first kappa shape index (κ1) is 11.4. The van der Waals surface area contributed by atoms with Crippen LogP contribution in [0.5, 0.6) is 0 Å². The van der Waals surface area contributed by atoms with Gasteiger partial charge in [-0.2, -0.15) is 0 Å². The molecule has 2 rings (SSSR count). The van der Waals surface area contributed by atoms with Gasteiger partial charge in [0.15, 0.2) is 0 Å². The van der Waals surface area contributed by atoms with E-state index in [1.165, 1.54) is 0 Å². The van der Waals surface area contributed by atoms with Crippen molar-refractivity contribution in [3.63, 3.8) is 0 Å². The van der Waals surface area contributed by atoms with Gasteiger partial charge in [-0.3, -0.25) is 0 Å². The highest BCUT2D eigenvalue weighted by Gasteiger charge is 2.09. The zero-order valence-electron chi connectivity index (χ0n) is 9.41. The van der Waals surface area contributed by atoms with Gasteiger partial charge in [0.05, 0.1) is 16.1 Å². The molecule has 0 aliphatic carbocycles. The second kappa shape index (κ2) is 4.85. The van der Waals surface area contributed by atoms with Gasteiger partial charge in [0.25, 0.3) is 0 Å². The third-order valence-electron chi connectivity index (χ3n) is 2.79. The van der Waals surface area contributed by atoms with Gasteiger partial charge >= 0.3 is 0 Å². The Morgan fingerprint density at radius 2 is 2.19 bits per heavy atom. The Morgan fingerprint density at radius 3 is 2.88 bits per heavy atom. The third kappa shape index (κ3) is 2.06. The number of halogens is 1. The molecule has 4 heteroatoms. The molecular weight excluding hydrogens is 222 g/mol. The van der Waals surface area contributed by atoms with Crippen molar-refractivity contribution in [2.75, 3.05) is 6.54 Å². The van der Waals surface area contributed by atoms with E-state index in [4.69, 9.17) is 17.3 Å². The fourth-order valence-corrected chi connectivity index (χ4v) is 2.22. The zero-order chi connectivity index (χ0) is 11.5. The molecule has 1 heterocycles. The summed E-state index contributed by atoms with van der Waals surface area (Å²) in [6.45, 7) is 0.741. The molecule has 86 valence electrons. The predicted molar refractivity (Wildman–Crippen MR) is 67.7 cm³/mol. The fourth-order valence-electron chi connectivity index (χ4n) is 1.92. The largest absolute Gasteiger partial charge is 0.330 e. The molecule has 0 radical (unpaired) electrons. The molecule has 0 unspecified atom stereocenters. The van der Waals surface area contributed by atoms with Crippen LogP contribution in [0.3, 0.4) is 0 Å². The van der Waals surface area contributed by atoms with Gasteiger partial charge < -0.3 is 10.3 Å². The minimum atomic E-state index is 0.741. The van der Waals surface area contributed by atoms with Crippen LogP contribution in [0.15, 0.2) is 18.2 Å². The van der Waals surface area contributed by atoms with E-state index >= 15 is 0 Å². The van der Waals surface area contributed by atoms with Crippen molar-refractivity contribution in [2.45, 2.75) is 19.3 Å². The lowest BCUT2D eigenvalue weighted by molar-refractivity contribution is 0.694. The van der Waals surface area contributed by atoms with Gasteiger partial charge in [-0.15, -0.1) is 0 Å². The number of nitrogens with zero attached hydrogens (tertiary/aromatic N) is 2. The number of rotatable bonds is 4. The zero-order valence-corrected chi connectivity index (χ0v) is 10.2. The van der Waals surface area contributed by atoms with Crippen molar-refractivity contribution < 1.29 is 0 Å². The van der Waals surface area contributed by atoms with E-state index in [-0.39, 0.29) is 0 Å². The molecular formula is C12H16ClN3. The second-order valence-corrected chi connectivity index (χ2v) is 4.35. The summed E-state index contributed by atoms with van der Waals surface area (Å²) in [6.07, 6.45) is 3.07. The lowest BCUT2D eigenvalue weighted by Gasteiger charge is -2.02. The highest BCUT2D eigenvalue weighted by Crippen LogP contribution is 2.23. The number of aromatic nitrogens is 2. The van der Waals surface area contributed by atoms with E-state index in [2.05, 4.69) is 9.55 Å². The number of nitrogens with two attached hydrogens (primary N) is 1. The first-order valence-electron chi connectivity index (χ1n) is 5.54. The Bertz CT molecular complexity index is 490. The quantitative estimate of drug-likeness (QED) is 0.831. The van der Waals surface area contributed by atoms with Gasteiger partial charge in [0, 0.05) is 13.5 Å². The molecule has 0 aliphatic rings. The van der Waals surface area contributed by atoms with Crippen LogP contribution in [-0.4, -0.2) is 16.1 Å². The average molecular weight is 238 g/mol. The number of para-hydroxylation sites is 1. The molecule has 0 aliphatic heterocycles. The van der Waals surface area contributed by atoms with Crippen molar-refractivity contribution in [2.24, 2.45) is 12.8 Å². The summed E-state index contributed by atoms with van der Waals surface area (Å²) < 4.78 is 2.08. The number of imidazole rings is 1. The summed E-state index contributed by atoms with van der Waals surface area (Å²) in [6, 6.07) is 5.82. The number of fused-ring (bicyclic) bond motifs is 1. The van der Waals surface area contributed by atoms with Gasteiger partial charge in [0.2, 0.25) is 0 Å². The van der Waals surface area contributed by atoms with Crippen molar-refractivity contribution in [3.05, 3.63) is 29.0 Å². The van der Waals surface area contributed by atoms with Crippen molar-refractivity contribution >= 4 is 22.6 Å². The van der Waals surface area contributed by atoms with E-state index in [1.54, 1.807) is 0 Å². The Labute approximate surface area is 100 Å². The van der Waals surface area contributed by atoms with Crippen LogP contribution < -0.4 is 5.73 Å². The lowest BCUT2D eigenvalue weighted by atomic mass is 10.2. The molecule has 16 heavy (non-hydrogen) atoms. The predicted octanol–water partition coefficient (Wildman–Crippen LogP) is 2.51. The molecule has 0 saturated heterocycles. The van der Waals surface area contributed by atoms with Crippen LogP contribution in [0.25, 0.3) is 11.0 Å². The maximum atomic E-state index is 6.16. The van der Waals surface area contributed by atoms with E-state index in [9.17, 15) is 0 Å². The average Bonchev–Trinajstić information content (AvgIpc) is 2.58. The Balaban J connectivity index is 2.33. The first-order chi connectivity index (χ1) is 7.74. The maximum absolute atomic E-state index is 6.16. The first-order valence-corrected chi connectivity index (χ1v) is 5.91. The minimum absolute atomic E-state index is 0.741. The van der Waals surface area contributed by atoms with Crippen LogP contribution >= 0.6 is 11.6 Å². The molecule has 0 amide bonds.